The lowest BCUT2D eigenvalue weighted by Crippen LogP contribution is -2.20. The molecule has 0 unspecified atom stereocenters. The van der Waals surface area contributed by atoms with Crippen LogP contribution in [0.25, 0.3) is 11.3 Å². The summed E-state index contributed by atoms with van der Waals surface area (Å²) in [5.74, 6) is 0.148. The molecular weight excluding hydrogens is 325 g/mol. The summed E-state index contributed by atoms with van der Waals surface area (Å²) in [4.78, 5) is 12.0. The molecule has 1 aromatic heterocycles. The SMILES string of the molecule is O=C(COc1ccccc1F)Nc1cccc(-c2ccc(CO)o2)c1. The maximum absolute atomic E-state index is 13.5. The molecule has 25 heavy (non-hydrogen) atoms. The lowest BCUT2D eigenvalue weighted by molar-refractivity contribution is -0.118. The van der Waals surface area contributed by atoms with Crippen LogP contribution in [0.3, 0.4) is 0 Å². The Hall–Kier alpha value is -3.12. The first kappa shape index (κ1) is 16.7. The topological polar surface area (TPSA) is 71.7 Å². The average molecular weight is 341 g/mol. The highest BCUT2D eigenvalue weighted by molar-refractivity contribution is 5.92. The van der Waals surface area contributed by atoms with Crippen molar-refractivity contribution in [1.82, 2.24) is 0 Å². The molecule has 5 nitrogen and oxygen atoms in total. The molecule has 0 aliphatic carbocycles. The van der Waals surface area contributed by atoms with Crippen LogP contribution in [0.5, 0.6) is 5.75 Å². The van der Waals surface area contributed by atoms with E-state index in [4.69, 9.17) is 14.3 Å². The van der Waals surface area contributed by atoms with Crippen LogP contribution in [-0.2, 0) is 11.4 Å². The maximum Gasteiger partial charge on any atom is 0.262 e. The van der Waals surface area contributed by atoms with E-state index in [1.807, 2.05) is 6.07 Å². The predicted molar refractivity (Wildman–Crippen MR) is 90.6 cm³/mol. The number of amides is 1. The highest BCUT2D eigenvalue weighted by Gasteiger charge is 2.09. The number of hydrogen-bond donors (Lipinski definition) is 2. The molecule has 0 aliphatic rings. The molecule has 1 amide bonds. The number of halogens is 1. The molecular formula is C19H16FNO4. The maximum atomic E-state index is 13.5. The first-order valence-corrected chi connectivity index (χ1v) is 7.63. The fourth-order valence-corrected chi connectivity index (χ4v) is 2.27. The van der Waals surface area contributed by atoms with Crippen LogP contribution in [0.4, 0.5) is 10.1 Å². The van der Waals surface area contributed by atoms with Gasteiger partial charge in [0.2, 0.25) is 0 Å². The lowest BCUT2D eigenvalue weighted by Gasteiger charge is -2.09. The van der Waals surface area contributed by atoms with E-state index >= 15 is 0 Å². The second-order valence-electron chi connectivity index (χ2n) is 5.27. The molecule has 2 aromatic carbocycles. The molecule has 3 rings (SSSR count). The van der Waals surface area contributed by atoms with Gasteiger partial charge in [0.1, 0.15) is 18.1 Å². The van der Waals surface area contributed by atoms with Gasteiger partial charge >= 0.3 is 0 Å². The van der Waals surface area contributed by atoms with Crippen molar-refractivity contribution in [3.63, 3.8) is 0 Å². The molecule has 0 saturated carbocycles. The van der Waals surface area contributed by atoms with Crippen molar-refractivity contribution >= 4 is 11.6 Å². The minimum absolute atomic E-state index is 0.0264. The largest absolute Gasteiger partial charge is 0.481 e. The van der Waals surface area contributed by atoms with Crippen molar-refractivity contribution in [1.29, 1.82) is 0 Å². The number of anilines is 1. The third kappa shape index (κ3) is 4.24. The van der Waals surface area contributed by atoms with Crippen LogP contribution in [0.2, 0.25) is 0 Å². The van der Waals surface area contributed by atoms with Gasteiger partial charge in [0.25, 0.3) is 5.91 Å². The van der Waals surface area contributed by atoms with Crippen LogP contribution in [0.15, 0.2) is 65.1 Å². The molecule has 0 spiro atoms. The summed E-state index contributed by atoms with van der Waals surface area (Å²) in [5, 5.41) is 11.7. The number of rotatable bonds is 6. The number of hydrogen-bond acceptors (Lipinski definition) is 4. The van der Waals surface area contributed by atoms with Gasteiger partial charge in [-0.2, -0.15) is 0 Å². The Labute approximate surface area is 143 Å². The van der Waals surface area contributed by atoms with Crippen molar-refractivity contribution in [3.8, 4) is 17.1 Å². The van der Waals surface area contributed by atoms with Gasteiger partial charge < -0.3 is 19.6 Å². The second kappa shape index (κ2) is 7.63. The molecule has 0 saturated heterocycles. The monoisotopic (exact) mass is 341 g/mol. The van der Waals surface area contributed by atoms with E-state index < -0.39 is 11.7 Å². The number of carbonyl (C=O) groups is 1. The van der Waals surface area contributed by atoms with Crippen molar-refractivity contribution in [2.75, 3.05) is 11.9 Å². The molecule has 3 aromatic rings. The summed E-state index contributed by atoms with van der Waals surface area (Å²) in [5.41, 5.74) is 1.31. The number of aliphatic hydroxyl groups excluding tert-OH is 1. The van der Waals surface area contributed by atoms with Crippen LogP contribution >= 0.6 is 0 Å². The van der Waals surface area contributed by atoms with Crippen molar-refractivity contribution in [2.45, 2.75) is 6.61 Å². The number of benzene rings is 2. The van der Waals surface area contributed by atoms with Crippen LogP contribution in [0.1, 0.15) is 5.76 Å². The van der Waals surface area contributed by atoms with E-state index in [0.29, 0.717) is 17.2 Å². The molecule has 6 heteroatoms. The Kier molecular flexibility index (Phi) is 5.11. The highest BCUT2D eigenvalue weighted by Crippen LogP contribution is 2.25. The van der Waals surface area contributed by atoms with Crippen molar-refractivity contribution in [2.24, 2.45) is 0 Å². The summed E-state index contributed by atoms with van der Waals surface area (Å²) >= 11 is 0. The highest BCUT2D eigenvalue weighted by atomic mass is 19.1. The molecule has 0 bridgehead atoms. The normalized spacial score (nSPS) is 10.5. The number of furan rings is 1. The minimum atomic E-state index is -0.519. The van der Waals surface area contributed by atoms with Gasteiger partial charge in [-0.25, -0.2) is 4.39 Å². The molecule has 1 heterocycles. The quantitative estimate of drug-likeness (QED) is 0.719. The standard InChI is InChI=1S/C19H16FNO4/c20-16-6-1-2-7-18(16)24-12-19(23)21-14-5-3-4-13(10-14)17-9-8-15(11-22)25-17/h1-10,22H,11-12H2,(H,21,23). The summed E-state index contributed by atoms with van der Waals surface area (Å²) < 4.78 is 24.1. The number of aliphatic hydroxyl groups is 1. The van der Waals surface area contributed by atoms with E-state index in [1.165, 1.54) is 12.1 Å². The Morgan fingerprint density at radius 1 is 1.12 bits per heavy atom. The first-order chi connectivity index (χ1) is 12.2. The Morgan fingerprint density at radius 3 is 2.72 bits per heavy atom. The predicted octanol–water partition coefficient (Wildman–Crippen LogP) is 3.60. The van der Waals surface area contributed by atoms with Crippen LogP contribution < -0.4 is 10.1 Å². The number of ether oxygens (including phenoxy) is 1. The van der Waals surface area contributed by atoms with Gasteiger partial charge in [0.15, 0.2) is 18.2 Å². The summed E-state index contributed by atoms with van der Waals surface area (Å²) in [6.07, 6.45) is 0. The molecule has 0 radical (unpaired) electrons. The number of carbonyl (C=O) groups excluding carboxylic acids is 1. The Bertz CT molecular complexity index is 875. The summed E-state index contributed by atoms with van der Waals surface area (Å²) in [7, 11) is 0. The fourth-order valence-electron chi connectivity index (χ4n) is 2.27. The Morgan fingerprint density at radius 2 is 1.96 bits per heavy atom. The molecule has 0 aliphatic heterocycles. The third-order valence-electron chi connectivity index (χ3n) is 3.44. The third-order valence-corrected chi connectivity index (χ3v) is 3.44. The molecule has 0 fully saturated rings. The van der Waals surface area contributed by atoms with Gasteiger partial charge in [-0.05, 0) is 36.4 Å². The van der Waals surface area contributed by atoms with Gasteiger partial charge in [-0.15, -0.1) is 0 Å². The number of nitrogens with one attached hydrogen (secondary N) is 1. The molecule has 128 valence electrons. The summed E-state index contributed by atoms with van der Waals surface area (Å²) in [6, 6.07) is 16.4. The van der Waals surface area contributed by atoms with Crippen molar-refractivity contribution < 1.29 is 23.4 Å². The minimum Gasteiger partial charge on any atom is -0.481 e. The van der Waals surface area contributed by atoms with E-state index in [0.717, 1.165) is 5.56 Å². The zero-order valence-electron chi connectivity index (χ0n) is 13.2. The van der Waals surface area contributed by atoms with Crippen LogP contribution in [0, 0.1) is 5.82 Å². The van der Waals surface area contributed by atoms with E-state index in [2.05, 4.69) is 5.32 Å². The van der Waals surface area contributed by atoms with Crippen molar-refractivity contribution in [3.05, 3.63) is 72.2 Å². The summed E-state index contributed by atoms with van der Waals surface area (Å²) in [6.45, 7) is -0.482. The van der Waals surface area contributed by atoms with Gasteiger partial charge in [0.05, 0.1) is 0 Å². The molecule has 0 atom stereocenters. The smallest absolute Gasteiger partial charge is 0.262 e. The van der Waals surface area contributed by atoms with E-state index in [9.17, 15) is 9.18 Å². The zero-order valence-corrected chi connectivity index (χ0v) is 13.2. The van der Waals surface area contributed by atoms with Gasteiger partial charge in [-0.1, -0.05) is 24.3 Å². The first-order valence-electron chi connectivity index (χ1n) is 7.63. The zero-order chi connectivity index (χ0) is 17.6. The van der Waals surface area contributed by atoms with E-state index in [1.54, 1.807) is 42.5 Å². The number of para-hydroxylation sites is 1. The van der Waals surface area contributed by atoms with Crippen LogP contribution in [-0.4, -0.2) is 17.6 Å². The average Bonchev–Trinajstić information content (AvgIpc) is 3.10. The van der Waals surface area contributed by atoms with E-state index in [-0.39, 0.29) is 19.0 Å². The Balaban J connectivity index is 1.63. The fraction of sp³-hybridized carbons (Fsp3) is 0.105. The lowest BCUT2D eigenvalue weighted by atomic mass is 10.1. The second-order valence-corrected chi connectivity index (χ2v) is 5.27. The molecule has 2 N–H and O–H groups in total. The van der Waals surface area contributed by atoms with Gasteiger partial charge in [0, 0.05) is 11.3 Å². The van der Waals surface area contributed by atoms with Gasteiger partial charge in [-0.3, -0.25) is 4.79 Å².